The molecule has 2 aromatic carbocycles. The molecule has 0 saturated carbocycles. The lowest BCUT2D eigenvalue weighted by Crippen LogP contribution is -2.00. The van der Waals surface area contributed by atoms with Gasteiger partial charge in [0.2, 0.25) is 0 Å². The minimum absolute atomic E-state index is 0.312. The summed E-state index contributed by atoms with van der Waals surface area (Å²) in [7, 11) is -3.88. The van der Waals surface area contributed by atoms with Crippen LogP contribution in [-0.2, 0) is 15.9 Å². The van der Waals surface area contributed by atoms with Gasteiger partial charge in [-0.3, -0.25) is 4.55 Å². The van der Waals surface area contributed by atoms with Gasteiger partial charge in [-0.25, -0.2) is 0 Å². The third kappa shape index (κ3) is 6.65. The van der Waals surface area contributed by atoms with Gasteiger partial charge in [0.15, 0.2) is 0 Å². The highest BCUT2D eigenvalue weighted by molar-refractivity contribution is 14.1. The zero-order chi connectivity index (χ0) is 15.0. The first-order chi connectivity index (χ1) is 9.42. The van der Waals surface area contributed by atoms with Gasteiger partial charge in [0.1, 0.15) is 11.8 Å². The largest absolute Gasteiger partial charge is 0.285 e. The molecule has 0 bridgehead atoms. The van der Waals surface area contributed by atoms with Crippen LogP contribution in [0, 0.1) is 14.9 Å². The molecule has 1 N–H and O–H groups in total. The molecule has 0 amide bonds. The Kier molecular flexibility index (Phi) is 6.64. The molecule has 0 aliphatic heterocycles. The number of benzene rings is 2. The Bertz CT molecular complexity index is 694. The quantitative estimate of drug-likeness (QED) is 0.619. The first-order valence-corrected chi connectivity index (χ1v) is 8.25. The Hall–Kier alpha value is -1.43. The molecule has 20 heavy (non-hydrogen) atoms. The number of rotatable bonds is 2. The number of halogens is 1. The molecule has 0 aliphatic carbocycles. The Labute approximate surface area is 132 Å². The molecule has 0 aliphatic rings. The van der Waals surface area contributed by atoms with E-state index in [0.29, 0.717) is 5.56 Å². The zero-order valence-electron chi connectivity index (χ0n) is 10.4. The van der Waals surface area contributed by atoms with E-state index in [9.17, 15) is 8.42 Å². The van der Waals surface area contributed by atoms with Gasteiger partial charge in [-0.05, 0) is 40.3 Å². The summed E-state index contributed by atoms with van der Waals surface area (Å²) in [5.74, 6) is -0.312. The van der Waals surface area contributed by atoms with Crippen LogP contribution >= 0.6 is 22.6 Å². The topological polar surface area (TPSA) is 78.2 Å². The fraction of sp³-hybridized carbons (Fsp3) is 0.0714. The van der Waals surface area contributed by atoms with Crippen LogP contribution in [0.3, 0.4) is 0 Å². The van der Waals surface area contributed by atoms with Crippen molar-refractivity contribution in [2.24, 2.45) is 0 Å². The maximum absolute atomic E-state index is 10.4. The van der Waals surface area contributed by atoms with Crippen LogP contribution in [-0.4, -0.2) is 13.0 Å². The summed E-state index contributed by atoms with van der Waals surface area (Å²) in [4.78, 5) is 0. The average molecular weight is 401 g/mol. The number of hydrogen-bond acceptors (Lipinski definition) is 3. The van der Waals surface area contributed by atoms with Crippen LogP contribution in [0.2, 0.25) is 0 Å². The van der Waals surface area contributed by atoms with Gasteiger partial charge in [0.25, 0.3) is 10.1 Å². The molecule has 0 spiro atoms. The van der Waals surface area contributed by atoms with Crippen molar-refractivity contribution in [3.05, 3.63) is 69.3 Å². The van der Waals surface area contributed by atoms with E-state index < -0.39 is 10.1 Å². The van der Waals surface area contributed by atoms with Gasteiger partial charge in [-0.2, -0.15) is 13.7 Å². The highest BCUT2D eigenvalue weighted by atomic mass is 127. The smallest absolute Gasteiger partial charge is 0.269 e. The molecular formula is C14H12INO3S. The van der Waals surface area contributed by atoms with E-state index in [1.54, 1.807) is 30.3 Å². The molecule has 104 valence electrons. The monoisotopic (exact) mass is 401 g/mol. The lowest BCUT2D eigenvalue weighted by Gasteiger charge is -1.95. The Balaban J connectivity index is 0.000000204. The Morgan fingerprint density at radius 3 is 2.05 bits per heavy atom. The summed E-state index contributed by atoms with van der Waals surface area (Å²) in [5, 5.41) is 8.46. The van der Waals surface area contributed by atoms with Crippen LogP contribution in [0.1, 0.15) is 11.1 Å². The zero-order valence-corrected chi connectivity index (χ0v) is 13.4. The predicted molar refractivity (Wildman–Crippen MR) is 85.6 cm³/mol. The fourth-order valence-corrected chi connectivity index (χ4v) is 2.46. The normalized spacial score (nSPS) is 10.1. The molecule has 0 fully saturated rings. The molecule has 0 radical (unpaired) electrons. The third-order valence-electron chi connectivity index (χ3n) is 2.19. The highest BCUT2D eigenvalue weighted by Gasteiger charge is 2.04. The minimum atomic E-state index is -3.88. The molecule has 0 atom stereocenters. The van der Waals surface area contributed by atoms with Crippen LogP contribution in [0.25, 0.3) is 0 Å². The van der Waals surface area contributed by atoms with Crippen LogP contribution in [0.5, 0.6) is 0 Å². The Morgan fingerprint density at radius 2 is 1.60 bits per heavy atom. The van der Waals surface area contributed by atoms with Crippen molar-refractivity contribution in [2.45, 2.75) is 5.75 Å². The van der Waals surface area contributed by atoms with Gasteiger partial charge in [0.05, 0.1) is 5.56 Å². The van der Waals surface area contributed by atoms with Crippen molar-refractivity contribution in [2.75, 3.05) is 0 Å². The van der Waals surface area contributed by atoms with E-state index in [1.807, 2.05) is 24.3 Å². The predicted octanol–water partition coefficient (Wildman–Crippen LogP) is 3.24. The maximum atomic E-state index is 10.4. The summed E-state index contributed by atoms with van der Waals surface area (Å²) >= 11 is 2.14. The van der Waals surface area contributed by atoms with Crippen LogP contribution in [0.4, 0.5) is 0 Å². The van der Waals surface area contributed by atoms with Gasteiger partial charge in [-0.15, -0.1) is 0 Å². The molecule has 0 unspecified atom stereocenters. The van der Waals surface area contributed by atoms with Gasteiger partial charge in [0, 0.05) is 3.57 Å². The standard InChI is InChI=1S/C7H4IN.C7H8O3S/c8-7-4-2-1-3-6(7)5-9;8-11(9,10)6-7-4-2-1-3-5-7/h1-4H;1-5H,6H2,(H,8,9,10). The minimum Gasteiger partial charge on any atom is -0.285 e. The summed E-state index contributed by atoms with van der Waals surface area (Å²) in [5.41, 5.74) is 1.34. The third-order valence-corrected chi connectivity index (χ3v) is 3.83. The summed E-state index contributed by atoms with van der Waals surface area (Å²) in [6.07, 6.45) is 0. The fourth-order valence-electron chi connectivity index (χ4n) is 1.34. The van der Waals surface area contributed by atoms with Crippen molar-refractivity contribution >= 4 is 32.7 Å². The lowest BCUT2D eigenvalue weighted by atomic mass is 10.2. The molecule has 2 rings (SSSR count). The van der Waals surface area contributed by atoms with E-state index in [0.717, 1.165) is 9.13 Å². The van der Waals surface area contributed by atoms with E-state index >= 15 is 0 Å². The molecule has 0 heterocycles. The lowest BCUT2D eigenvalue weighted by molar-refractivity contribution is 0.482. The van der Waals surface area contributed by atoms with Crippen molar-refractivity contribution in [3.63, 3.8) is 0 Å². The molecule has 4 nitrogen and oxygen atoms in total. The maximum Gasteiger partial charge on any atom is 0.269 e. The van der Waals surface area contributed by atoms with Gasteiger partial charge >= 0.3 is 0 Å². The summed E-state index contributed by atoms with van der Waals surface area (Å²) in [6.45, 7) is 0. The number of nitriles is 1. The van der Waals surface area contributed by atoms with Crippen molar-refractivity contribution in [3.8, 4) is 6.07 Å². The summed E-state index contributed by atoms with van der Waals surface area (Å²) in [6, 6.07) is 18.1. The van der Waals surface area contributed by atoms with Crippen molar-refractivity contribution in [1.82, 2.24) is 0 Å². The second-order valence-corrected chi connectivity index (χ2v) is 6.42. The first kappa shape index (κ1) is 16.6. The summed E-state index contributed by atoms with van der Waals surface area (Å²) < 4.78 is 30.2. The SMILES string of the molecule is N#Cc1ccccc1I.O=S(=O)(O)Cc1ccccc1. The molecule has 0 saturated heterocycles. The highest BCUT2D eigenvalue weighted by Crippen LogP contribution is 2.08. The second-order valence-electron chi connectivity index (χ2n) is 3.80. The molecule has 6 heteroatoms. The molecular weight excluding hydrogens is 389 g/mol. The van der Waals surface area contributed by atoms with Crippen molar-refractivity contribution in [1.29, 1.82) is 5.26 Å². The van der Waals surface area contributed by atoms with E-state index in [2.05, 4.69) is 28.7 Å². The van der Waals surface area contributed by atoms with Crippen LogP contribution < -0.4 is 0 Å². The first-order valence-electron chi connectivity index (χ1n) is 5.56. The number of hydrogen-bond donors (Lipinski definition) is 1. The average Bonchev–Trinajstić information content (AvgIpc) is 2.39. The van der Waals surface area contributed by atoms with E-state index in [4.69, 9.17) is 9.81 Å². The van der Waals surface area contributed by atoms with E-state index in [-0.39, 0.29) is 5.75 Å². The van der Waals surface area contributed by atoms with Crippen LogP contribution in [0.15, 0.2) is 54.6 Å². The van der Waals surface area contributed by atoms with Gasteiger partial charge in [-0.1, -0.05) is 42.5 Å². The van der Waals surface area contributed by atoms with Crippen molar-refractivity contribution < 1.29 is 13.0 Å². The number of nitrogens with zero attached hydrogens (tertiary/aromatic N) is 1. The second kappa shape index (κ2) is 7.99. The molecule has 2 aromatic rings. The van der Waals surface area contributed by atoms with E-state index in [1.165, 1.54) is 0 Å². The molecule has 0 aromatic heterocycles. The Morgan fingerprint density at radius 1 is 1.05 bits per heavy atom. The van der Waals surface area contributed by atoms with Gasteiger partial charge < -0.3 is 0 Å².